The maximum Gasteiger partial charge on any atom is 0.257 e. The molecule has 1 aromatic carbocycles. The molecule has 0 saturated heterocycles. The molecule has 0 aliphatic carbocycles. The Morgan fingerprint density at radius 1 is 1.10 bits per heavy atom. The molecule has 0 atom stereocenters. The fourth-order valence-corrected chi connectivity index (χ4v) is 4.84. The van der Waals surface area contributed by atoms with Gasteiger partial charge in [-0.25, -0.2) is 9.97 Å². The Kier molecular flexibility index (Phi) is 6.70. The third-order valence-electron chi connectivity index (χ3n) is 4.14. The van der Waals surface area contributed by atoms with E-state index in [1.807, 2.05) is 22.9 Å². The van der Waals surface area contributed by atoms with Crippen molar-refractivity contribution in [3.63, 3.8) is 0 Å². The van der Waals surface area contributed by atoms with Crippen LogP contribution in [0.1, 0.15) is 27.9 Å². The summed E-state index contributed by atoms with van der Waals surface area (Å²) in [6, 6.07) is 10.9. The van der Waals surface area contributed by atoms with Crippen molar-refractivity contribution in [1.29, 1.82) is 0 Å². The first-order chi connectivity index (χ1) is 15.1. The number of carbonyl (C=O) groups is 2. The largest absolute Gasteiger partial charge is 0.487 e. The lowest BCUT2D eigenvalue weighted by atomic mass is 10.2. The quantitative estimate of drug-likeness (QED) is 0.386. The highest BCUT2D eigenvalue weighted by Gasteiger charge is 2.12. The molecule has 0 saturated carbocycles. The van der Waals surface area contributed by atoms with Gasteiger partial charge in [-0.3, -0.25) is 14.9 Å². The maximum absolute atomic E-state index is 12.5. The SMILES string of the molecule is CC(=O)NCc1ccc(-c2csc(NC(=O)c3ccc(OCc4cscn4)cc3)n2)s1. The molecule has 0 aliphatic rings. The summed E-state index contributed by atoms with van der Waals surface area (Å²) in [5.74, 6) is 0.381. The van der Waals surface area contributed by atoms with E-state index in [9.17, 15) is 9.59 Å². The first-order valence-electron chi connectivity index (χ1n) is 9.27. The lowest BCUT2D eigenvalue weighted by Gasteiger charge is -2.06. The lowest BCUT2D eigenvalue weighted by molar-refractivity contribution is -0.119. The van der Waals surface area contributed by atoms with Crippen LogP contribution in [0.15, 0.2) is 52.7 Å². The molecule has 7 nitrogen and oxygen atoms in total. The molecule has 158 valence electrons. The normalized spacial score (nSPS) is 10.6. The fraction of sp³-hybridized carbons (Fsp3) is 0.143. The van der Waals surface area contributed by atoms with E-state index in [0.717, 1.165) is 21.1 Å². The number of hydrogen-bond acceptors (Lipinski definition) is 8. The minimum Gasteiger partial charge on any atom is -0.487 e. The van der Waals surface area contributed by atoms with Crippen LogP contribution in [0.5, 0.6) is 5.75 Å². The Hall–Kier alpha value is -3.08. The highest BCUT2D eigenvalue weighted by Crippen LogP contribution is 2.31. The first kappa shape index (κ1) is 21.2. The number of thiazole rings is 2. The van der Waals surface area contributed by atoms with Crippen LogP contribution < -0.4 is 15.4 Å². The smallest absolute Gasteiger partial charge is 0.257 e. The molecule has 4 rings (SSSR count). The summed E-state index contributed by atoms with van der Waals surface area (Å²) in [6.45, 7) is 2.39. The van der Waals surface area contributed by atoms with E-state index >= 15 is 0 Å². The molecule has 4 aromatic rings. The lowest BCUT2D eigenvalue weighted by Crippen LogP contribution is -2.17. The Morgan fingerprint density at radius 2 is 1.94 bits per heavy atom. The number of anilines is 1. The molecule has 0 fully saturated rings. The number of aromatic nitrogens is 2. The van der Waals surface area contributed by atoms with Gasteiger partial charge in [0.1, 0.15) is 12.4 Å². The molecular formula is C21H18N4O3S3. The Balaban J connectivity index is 1.34. The van der Waals surface area contributed by atoms with Gasteiger partial charge in [-0.1, -0.05) is 0 Å². The van der Waals surface area contributed by atoms with Crippen molar-refractivity contribution >= 4 is 51.0 Å². The van der Waals surface area contributed by atoms with Crippen LogP contribution in [0.25, 0.3) is 10.6 Å². The molecule has 0 aliphatic heterocycles. The van der Waals surface area contributed by atoms with Crippen LogP contribution >= 0.6 is 34.0 Å². The van der Waals surface area contributed by atoms with Crippen molar-refractivity contribution in [2.24, 2.45) is 0 Å². The number of carbonyl (C=O) groups excluding carboxylic acids is 2. The number of nitrogens with one attached hydrogen (secondary N) is 2. The van der Waals surface area contributed by atoms with Crippen LogP contribution in [-0.2, 0) is 17.9 Å². The zero-order valence-electron chi connectivity index (χ0n) is 16.5. The van der Waals surface area contributed by atoms with Crippen molar-refractivity contribution in [2.75, 3.05) is 5.32 Å². The summed E-state index contributed by atoms with van der Waals surface area (Å²) in [5, 5.41) is 9.98. The molecule has 2 N–H and O–H groups in total. The second-order valence-electron chi connectivity index (χ2n) is 6.46. The standard InChI is InChI=1S/C21H18N4O3S3/c1-13(26)22-8-17-6-7-19(31-17)18-11-30-21(24-18)25-20(27)14-2-4-16(5-3-14)28-9-15-10-29-12-23-15/h2-7,10-12H,8-9H2,1H3,(H,22,26)(H,24,25,27). The molecule has 0 bridgehead atoms. The van der Waals surface area contributed by atoms with Crippen molar-refractivity contribution < 1.29 is 14.3 Å². The summed E-state index contributed by atoms with van der Waals surface area (Å²) in [4.78, 5) is 34.3. The number of benzene rings is 1. The first-order valence-corrected chi connectivity index (χ1v) is 11.9. The summed E-state index contributed by atoms with van der Waals surface area (Å²) >= 11 is 4.45. The molecule has 0 unspecified atom stereocenters. The van der Waals surface area contributed by atoms with E-state index in [1.54, 1.807) is 41.1 Å². The number of nitrogens with zero attached hydrogens (tertiary/aromatic N) is 2. The van der Waals surface area contributed by atoms with E-state index in [0.29, 0.717) is 29.6 Å². The van der Waals surface area contributed by atoms with Crippen molar-refractivity contribution in [3.05, 3.63) is 68.8 Å². The van der Waals surface area contributed by atoms with Crippen LogP contribution in [0.4, 0.5) is 5.13 Å². The van der Waals surface area contributed by atoms with Gasteiger partial charge in [0, 0.05) is 28.1 Å². The Labute approximate surface area is 190 Å². The third-order valence-corrected chi connectivity index (χ3v) is 6.64. The molecule has 3 aromatic heterocycles. The number of rotatable bonds is 8. The van der Waals surface area contributed by atoms with Gasteiger partial charge in [0.05, 0.1) is 28.3 Å². The maximum atomic E-state index is 12.5. The van der Waals surface area contributed by atoms with Crippen molar-refractivity contribution in [3.8, 4) is 16.3 Å². The third kappa shape index (κ3) is 5.75. The average molecular weight is 471 g/mol. The molecule has 0 radical (unpaired) electrons. The monoisotopic (exact) mass is 470 g/mol. The highest BCUT2D eigenvalue weighted by molar-refractivity contribution is 7.17. The highest BCUT2D eigenvalue weighted by atomic mass is 32.1. The van der Waals surface area contributed by atoms with Crippen LogP contribution in [0.2, 0.25) is 0 Å². The van der Waals surface area contributed by atoms with E-state index in [2.05, 4.69) is 20.6 Å². The molecular weight excluding hydrogens is 452 g/mol. The van der Waals surface area contributed by atoms with Gasteiger partial charge in [-0.15, -0.1) is 34.0 Å². The number of thiophene rings is 1. The van der Waals surface area contributed by atoms with Crippen LogP contribution in [-0.4, -0.2) is 21.8 Å². The van der Waals surface area contributed by atoms with Gasteiger partial charge in [0.15, 0.2) is 5.13 Å². The summed E-state index contributed by atoms with van der Waals surface area (Å²) in [5.41, 5.74) is 3.95. The van der Waals surface area contributed by atoms with Gasteiger partial charge >= 0.3 is 0 Å². The molecule has 31 heavy (non-hydrogen) atoms. The van der Waals surface area contributed by atoms with Gasteiger partial charge in [-0.2, -0.15) is 0 Å². The van der Waals surface area contributed by atoms with Crippen molar-refractivity contribution in [1.82, 2.24) is 15.3 Å². The van der Waals surface area contributed by atoms with E-state index in [1.165, 1.54) is 29.6 Å². The van der Waals surface area contributed by atoms with Crippen LogP contribution in [0, 0.1) is 0 Å². The predicted molar refractivity (Wildman–Crippen MR) is 124 cm³/mol. The van der Waals surface area contributed by atoms with Gasteiger partial charge in [0.25, 0.3) is 5.91 Å². The van der Waals surface area contributed by atoms with Gasteiger partial charge < -0.3 is 10.1 Å². The predicted octanol–water partition coefficient (Wildman–Crippen LogP) is 4.80. The average Bonchev–Trinajstić information content (AvgIpc) is 3.52. The molecule has 10 heteroatoms. The number of amides is 2. The minimum atomic E-state index is -0.232. The summed E-state index contributed by atoms with van der Waals surface area (Å²) < 4.78 is 5.67. The van der Waals surface area contributed by atoms with E-state index in [4.69, 9.17) is 4.74 Å². The molecule has 2 amide bonds. The Bertz CT molecular complexity index is 1170. The molecule has 0 spiro atoms. The summed E-state index contributed by atoms with van der Waals surface area (Å²) in [7, 11) is 0. The minimum absolute atomic E-state index is 0.0623. The van der Waals surface area contributed by atoms with E-state index in [-0.39, 0.29) is 11.8 Å². The van der Waals surface area contributed by atoms with Crippen molar-refractivity contribution in [2.45, 2.75) is 20.1 Å². The topological polar surface area (TPSA) is 93.2 Å². The zero-order valence-corrected chi connectivity index (χ0v) is 18.9. The van der Waals surface area contributed by atoms with Gasteiger partial charge in [-0.05, 0) is 36.4 Å². The second-order valence-corrected chi connectivity index (χ2v) is 9.21. The van der Waals surface area contributed by atoms with Crippen LogP contribution in [0.3, 0.4) is 0 Å². The fourth-order valence-electron chi connectivity index (χ4n) is 2.60. The second kappa shape index (κ2) is 9.82. The summed E-state index contributed by atoms with van der Waals surface area (Å²) in [6.07, 6.45) is 0. The molecule has 3 heterocycles. The van der Waals surface area contributed by atoms with Gasteiger partial charge in [0.2, 0.25) is 5.91 Å². The van der Waals surface area contributed by atoms with E-state index < -0.39 is 0 Å². The zero-order chi connectivity index (χ0) is 21.6. The number of hydrogen-bond donors (Lipinski definition) is 2. The Morgan fingerprint density at radius 3 is 2.68 bits per heavy atom. The number of ether oxygens (including phenoxy) is 1.